The van der Waals surface area contributed by atoms with Gasteiger partial charge in [0.05, 0.1) is 23.4 Å². The molecule has 0 saturated heterocycles. The van der Waals surface area contributed by atoms with Gasteiger partial charge in [-0.3, -0.25) is 9.21 Å². The van der Waals surface area contributed by atoms with Crippen molar-refractivity contribution in [2.24, 2.45) is 0 Å². The summed E-state index contributed by atoms with van der Waals surface area (Å²) in [6.45, 7) is 5.40. The number of aryl methyl sites for hydroxylation is 1. The maximum Gasteiger partial charge on any atom is 0.273 e. The molecule has 0 atom stereocenters. The van der Waals surface area contributed by atoms with E-state index in [4.69, 9.17) is 0 Å². The zero-order valence-electron chi connectivity index (χ0n) is 19.2. The van der Waals surface area contributed by atoms with Crippen molar-refractivity contribution in [1.29, 1.82) is 0 Å². The third-order valence-electron chi connectivity index (χ3n) is 6.26. The maximum absolute atomic E-state index is 13.1. The fraction of sp³-hybridized carbons (Fsp3) is 0.261. The lowest BCUT2D eigenvalue weighted by Crippen LogP contribution is -2.33. The van der Waals surface area contributed by atoms with Crippen LogP contribution in [-0.4, -0.2) is 51.6 Å². The molecule has 0 aliphatic carbocycles. The van der Waals surface area contributed by atoms with Gasteiger partial charge in [-0.15, -0.1) is 32.9 Å². The Bertz CT molecular complexity index is 1620. The maximum atomic E-state index is 13.1. The number of thiophene rings is 1. The second-order valence-corrected chi connectivity index (χ2v) is 12.7. The Kier molecular flexibility index (Phi) is 5.48. The second kappa shape index (κ2) is 8.55. The van der Waals surface area contributed by atoms with Crippen LogP contribution in [0.5, 0.6) is 0 Å². The molecule has 180 valence electrons. The Morgan fingerprint density at radius 1 is 1.17 bits per heavy atom. The zero-order chi connectivity index (χ0) is 24.2. The number of nitrogens with one attached hydrogen (secondary N) is 1. The molecule has 0 fully saturated rings. The number of fused-ring (bicyclic) bond motifs is 2. The monoisotopic (exact) mass is 525 g/mol. The van der Waals surface area contributed by atoms with Crippen LogP contribution >= 0.6 is 22.7 Å². The van der Waals surface area contributed by atoms with E-state index < -0.39 is 10.0 Å². The molecule has 0 saturated carbocycles. The topological polar surface area (TPSA) is 100 Å². The van der Waals surface area contributed by atoms with E-state index >= 15 is 0 Å². The Labute approximate surface area is 210 Å². The van der Waals surface area contributed by atoms with E-state index in [1.54, 1.807) is 35.9 Å². The number of sulfonamides is 1. The second-order valence-electron chi connectivity index (χ2n) is 8.49. The third-order valence-corrected chi connectivity index (χ3v) is 10.4. The minimum absolute atomic E-state index is 0.319. The van der Waals surface area contributed by atoms with Gasteiger partial charge in [0.15, 0.2) is 0 Å². The van der Waals surface area contributed by atoms with E-state index in [1.165, 1.54) is 20.5 Å². The quantitative estimate of drug-likeness (QED) is 0.358. The van der Waals surface area contributed by atoms with Crippen LogP contribution in [0.15, 0.2) is 52.2 Å². The van der Waals surface area contributed by atoms with E-state index in [-0.39, 0.29) is 0 Å². The predicted molar refractivity (Wildman–Crippen MR) is 138 cm³/mol. The van der Waals surface area contributed by atoms with E-state index in [0.29, 0.717) is 9.90 Å². The van der Waals surface area contributed by atoms with Crippen LogP contribution in [-0.2, 0) is 29.7 Å². The van der Waals surface area contributed by atoms with E-state index in [0.717, 1.165) is 59.4 Å². The van der Waals surface area contributed by atoms with Crippen molar-refractivity contribution >= 4 is 49.3 Å². The molecular weight excluding hydrogens is 503 g/mol. The van der Waals surface area contributed by atoms with Crippen LogP contribution in [0.25, 0.3) is 21.6 Å². The van der Waals surface area contributed by atoms with Crippen LogP contribution in [0.2, 0.25) is 0 Å². The molecule has 6 rings (SSSR count). The van der Waals surface area contributed by atoms with Crippen LogP contribution in [0, 0.1) is 6.92 Å². The number of anilines is 1. The molecule has 4 aromatic heterocycles. The first-order valence-electron chi connectivity index (χ1n) is 11.1. The van der Waals surface area contributed by atoms with Gasteiger partial charge in [-0.2, -0.15) is 0 Å². The van der Waals surface area contributed by atoms with E-state index in [9.17, 15) is 8.42 Å². The van der Waals surface area contributed by atoms with E-state index in [2.05, 4.69) is 29.6 Å². The van der Waals surface area contributed by atoms with Crippen molar-refractivity contribution < 1.29 is 8.42 Å². The predicted octanol–water partition coefficient (Wildman–Crippen LogP) is 4.09. The van der Waals surface area contributed by atoms with Gasteiger partial charge in [-0.05, 0) is 30.5 Å². The highest BCUT2D eigenvalue weighted by atomic mass is 32.2. The zero-order valence-corrected chi connectivity index (χ0v) is 21.6. The summed E-state index contributed by atoms with van der Waals surface area (Å²) >= 11 is 2.86. The first-order chi connectivity index (χ1) is 16.9. The lowest BCUT2D eigenvalue weighted by atomic mass is 10.2. The van der Waals surface area contributed by atoms with Gasteiger partial charge >= 0.3 is 0 Å². The summed E-state index contributed by atoms with van der Waals surface area (Å²) in [4.78, 5) is 11.6. The van der Waals surface area contributed by atoms with Crippen LogP contribution in [0.4, 0.5) is 5.69 Å². The molecule has 35 heavy (non-hydrogen) atoms. The fourth-order valence-electron chi connectivity index (χ4n) is 4.41. The number of para-hydroxylation sites is 1. The first-order valence-corrected chi connectivity index (χ1v) is 14.2. The van der Waals surface area contributed by atoms with Gasteiger partial charge in [-0.25, -0.2) is 13.4 Å². The number of aromatic nitrogens is 5. The summed E-state index contributed by atoms with van der Waals surface area (Å²) in [5.41, 5.74) is 2.25. The van der Waals surface area contributed by atoms with Gasteiger partial charge in [0, 0.05) is 43.1 Å². The molecule has 5 heterocycles. The molecular formula is C23H23N7O2S3. The number of aromatic amines is 1. The molecule has 0 spiro atoms. The van der Waals surface area contributed by atoms with Crippen molar-refractivity contribution in [3.05, 3.63) is 64.5 Å². The van der Waals surface area contributed by atoms with Crippen molar-refractivity contribution in [3.8, 4) is 10.7 Å². The van der Waals surface area contributed by atoms with Gasteiger partial charge in [0.25, 0.3) is 10.0 Å². The Hall–Kier alpha value is -3.06. The molecule has 0 amide bonds. The lowest BCUT2D eigenvalue weighted by molar-refractivity contribution is 0.209. The lowest BCUT2D eigenvalue weighted by Gasteiger charge is -2.26. The van der Waals surface area contributed by atoms with Crippen molar-refractivity contribution in [2.75, 3.05) is 17.9 Å². The summed E-state index contributed by atoms with van der Waals surface area (Å²) in [6.07, 6.45) is 1.92. The average Bonchev–Trinajstić information content (AvgIpc) is 3.64. The highest BCUT2D eigenvalue weighted by molar-refractivity contribution is 7.94. The molecule has 0 bridgehead atoms. The van der Waals surface area contributed by atoms with Crippen LogP contribution in [0.1, 0.15) is 16.5 Å². The number of thiazole rings is 1. The van der Waals surface area contributed by atoms with Crippen LogP contribution < -0.4 is 4.31 Å². The molecule has 1 N–H and O–H groups in total. The summed E-state index contributed by atoms with van der Waals surface area (Å²) in [5.74, 6) is 1.97. The molecule has 12 heteroatoms. The van der Waals surface area contributed by atoms with Gasteiger partial charge < -0.3 is 9.55 Å². The average molecular weight is 526 g/mol. The number of H-pyrrole nitrogens is 1. The normalized spacial score (nSPS) is 14.5. The summed E-state index contributed by atoms with van der Waals surface area (Å²) < 4.78 is 30.0. The minimum atomic E-state index is -3.63. The number of benzene rings is 1. The molecule has 0 unspecified atom stereocenters. The largest absolute Gasteiger partial charge is 0.351 e. The van der Waals surface area contributed by atoms with E-state index in [1.807, 2.05) is 37.4 Å². The Morgan fingerprint density at radius 2 is 2.06 bits per heavy atom. The highest BCUT2D eigenvalue weighted by Crippen LogP contribution is 2.35. The van der Waals surface area contributed by atoms with Crippen molar-refractivity contribution in [1.82, 2.24) is 29.6 Å². The number of nitrogens with zero attached hydrogens (tertiary/aromatic N) is 6. The molecule has 1 aliphatic heterocycles. The van der Waals surface area contributed by atoms with Gasteiger partial charge in [0.1, 0.15) is 20.9 Å². The number of hydrogen-bond donors (Lipinski definition) is 1. The van der Waals surface area contributed by atoms with Crippen LogP contribution in [0.3, 0.4) is 0 Å². The third kappa shape index (κ3) is 3.96. The smallest absolute Gasteiger partial charge is 0.273 e. The molecule has 1 aromatic carbocycles. The van der Waals surface area contributed by atoms with Crippen molar-refractivity contribution in [2.45, 2.75) is 30.8 Å². The number of rotatable bonds is 6. The molecule has 9 nitrogen and oxygen atoms in total. The first kappa shape index (κ1) is 22.4. The molecule has 1 aliphatic rings. The standard InChI is InChI=1S/C23H23N7O2S3/c1-15-26-27-20-14-29(8-9-30(15)20)13-17-12-24-23(34-17)18-11-16-5-3-6-19(22(16)25-18)28(2)35(31,32)21-7-4-10-33-21/h3-7,10-12,25H,8-9,13-14H2,1-2H3. The Balaban J connectivity index is 1.26. The molecule has 0 radical (unpaired) electrons. The Morgan fingerprint density at radius 3 is 2.89 bits per heavy atom. The molecule has 5 aromatic rings. The number of hydrogen-bond acceptors (Lipinski definition) is 8. The SMILES string of the molecule is Cc1nnc2n1CCN(Cc1cnc(-c3cc4cccc(N(C)S(=O)(=O)c5cccs5)c4[nH]3)s1)C2. The summed E-state index contributed by atoms with van der Waals surface area (Å²) in [6, 6.07) is 11.1. The fourth-order valence-corrected chi connectivity index (χ4v) is 7.70. The van der Waals surface area contributed by atoms with Gasteiger partial charge in [0.2, 0.25) is 0 Å². The minimum Gasteiger partial charge on any atom is -0.351 e. The van der Waals surface area contributed by atoms with Gasteiger partial charge in [-0.1, -0.05) is 18.2 Å². The van der Waals surface area contributed by atoms with Crippen molar-refractivity contribution in [3.63, 3.8) is 0 Å². The summed E-state index contributed by atoms with van der Waals surface area (Å²) in [7, 11) is -2.04. The summed E-state index contributed by atoms with van der Waals surface area (Å²) in [5, 5.41) is 12.1. The highest BCUT2D eigenvalue weighted by Gasteiger charge is 2.25.